The van der Waals surface area contributed by atoms with Gasteiger partial charge in [0, 0.05) is 6.61 Å². The molecule has 0 radical (unpaired) electrons. The van der Waals surface area contributed by atoms with E-state index in [2.05, 4.69) is 0 Å². The van der Waals surface area contributed by atoms with Crippen LogP contribution in [0.25, 0.3) is 0 Å². The van der Waals surface area contributed by atoms with Gasteiger partial charge in [-0.1, -0.05) is 13.3 Å². The lowest BCUT2D eigenvalue weighted by molar-refractivity contribution is -0.174. The highest BCUT2D eigenvalue weighted by atomic mass is 16.5. The molecule has 1 N–H and O–H groups in total. The van der Waals surface area contributed by atoms with Gasteiger partial charge in [-0.15, -0.1) is 0 Å². The van der Waals surface area contributed by atoms with Crippen molar-refractivity contribution in [3.05, 3.63) is 0 Å². The molecule has 0 aromatic rings. The van der Waals surface area contributed by atoms with Gasteiger partial charge in [-0.25, -0.2) is 0 Å². The first-order valence-electron chi connectivity index (χ1n) is 5.53. The SMILES string of the molecule is CCCC(COCC)(C(=O)O)C(=O)OCC. The van der Waals surface area contributed by atoms with Gasteiger partial charge >= 0.3 is 11.9 Å². The second-order valence-electron chi connectivity index (χ2n) is 3.49. The fraction of sp³-hybridized carbons (Fsp3) is 0.818. The van der Waals surface area contributed by atoms with Gasteiger partial charge in [-0.05, 0) is 20.3 Å². The fourth-order valence-corrected chi connectivity index (χ4v) is 1.46. The Morgan fingerprint density at radius 2 is 1.81 bits per heavy atom. The second kappa shape index (κ2) is 7.22. The van der Waals surface area contributed by atoms with E-state index >= 15 is 0 Å². The summed E-state index contributed by atoms with van der Waals surface area (Å²) in [6.07, 6.45) is 0.805. The van der Waals surface area contributed by atoms with E-state index in [1.807, 2.05) is 6.92 Å². The number of carboxylic acids is 1. The van der Waals surface area contributed by atoms with Gasteiger partial charge in [0.15, 0.2) is 5.41 Å². The maximum atomic E-state index is 11.7. The average molecular weight is 232 g/mol. The summed E-state index contributed by atoms with van der Waals surface area (Å²) in [4.78, 5) is 23.0. The zero-order valence-electron chi connectivity index (χ0n) is 10.1. The van der Waals surface area contributed by atoms with Crippen molar-refractivity contribution in [1.29, 1.82) is 0 Å². The van der Waals surface area contributed by atoms with Crippen molar-refractivity contribution in [3.63, 3.8) is 0 Å². The fourth-order valence-electron chi connectivity index (χ4n) is 1.46. The molecule has 0 bridgehead atoms. The van der Waals surface area contributed by atoms with Crippen molar-refractivity contribution < 1.29 is 24.2 Å². The highest BCUT2D eigenvalue weighted by Crippen LogP contribution is 2.27. The summed E-state index contributed by atoms with van der Waals surface area (Å²) in [5.74, 6) is -1.89. The van der Waals surface area contributed by atoms with Crippen molar-refractivity contribution in [3.8, 4) is 0 Å². The molecule has 0 aromatic carbocycles. The minimum absolute atomic E-state index is 0.133. The topological polar surface area (TPSA) is 72.8 Å². The van der Waals surface area contributed by atoms with Crippen LogP contribution < -0.4 is 0 Å². The van der Waals surface area contributed by atoms with E-state index in [1.165, 1.54) is 0 Å². The number of carbonyl (C=O) groups excluding carboxylic acids is 1. The van der Waals surface area contributed by atoms with Crippen LogP contribution in [0.2, 0.25) is 0 Å². The normalized spacial score (nSPS) is 14.2. The molecule has 94 valence electrons. The molecule has 0 aliphatic rings. The molecule has 16 heavy (non-hydrogen) atoms. The Labute approximate surface area is 95.7 Å². The summed E-state index contributed by atoms with van der Waals surface area (Å²) in [6.45, 7) is 5.64. The van der Waals surface area contributed by atoms with Crippen LogP contribution in [0.3, 0.4) is 0 Å². The van der Waals surface area contributed by atoms with Crippen LogP contribution in [-0.2, 0) is 19.1 Å². The molecule has 0 fully saturated rings. The molecule has 1 unspecified atom stereocenters. The number of esters is 1. The number of hydrogen-bond acceptors (Lipinski definition) is 4. The summed E-state index contributed by atoms with van der Waals surface area (Å²) >= 11 is 0. The van der Waals surface area contributed by atoms with E-state index in [0.717, 1.165) is 0 Å². The zero-order chi connectivity index (χ0) is 12.6. The molecule has 0 rings (SSSR count). The highest BCUT2D eigenvalue weighted by molar-refractivity contribution is 5.99. The maximum Gasteiger partial charge on any atom is 0.325 e. The molecular formula is C11H20O5. The van der Waals surface area contributed by atoms with E-state index < -0.39 is 17.4 Å². The molecule has 5 nitrogen and oxygen atoms in total. The molecule has 0 saturated carbocycles. The first kappa shape index (κ1) is 14.9. The quantitative estimate of drug-likeness (QED) is 0.506. The monoisotopic (exact) mass is 232 g/mol. The summed E-state index contributed by atoms with van der Waals surface area (Å²) in [7, 11) is 0. The third kappa shape index (κ3) is 3.48. The molecular weight excluding hydrogens is 212 g/mol. The standard InChI is InChI=1S/C11H20O5/c1-4-7-11(9(12)13,8-15-5-2)10(14)16-6-3/h4-8H2,1-3H3,(H,12,13). The van der Waals surface area contributed by atoms with Crippen LogP contribution in [0.4, 0.5) is 0 Å². The number of carbonyl (C=O) groups is 2. The predicted octanol–water partition coefficient (Wildman–Crippen LogP) is 1.46. The molecule has 0 spiro atoms. The molecule has 0 aliphatic heterocycles. The van der Waals surface area contributed by atoms with E-state index in [4.69, 9.17) is 9.47 Å². The number of ether oxygens (including phenoxy) is 2. The number of carboxylic acid groups (broad SMARTS) is 1. The van der Waals surface area contributed by atoms with Crippen LogP contribution in [0.1, 0.15) is 33.6 Å². The predicted molar refractivity (Wildman–Crippen MR) is 58.1 cm³/mol. The number of aliphatic carboxylic acids is 1. The summed E-state index contributed by atoms with van der Waals surface area (Å²) < 4.78 is 9.92. The number of hydrogen-bond donors (Lipinski definition) is 1. The lowest BCUT2D eigenvalue weighted by Crippen LogP contribution is -2.44. The van der Waals surface area contributed by atoms with Gasteiger partial charge in [0.05, 0.1) is 13.2 Å². The van der Waals surface area contributed by atoms with Crippen molar-refractivity contribution in [2.75, 3.05) is 19.8 Å². The average Bonchev–Trinajstić information content (AvgIpc) is 2.24. The van der Waals surface area contributed by atoms with Crippen molar-refractivity contribution in [1.82, 2.24) is 0 Å². The molecule has 0 saturated heterocycles. The van der Waals surface area contributed by atoms with Crippen LogP contribution in [0.5, 0.6) is 0 Å². The van der Waals surface area contributed by atoms with E-state index in [9.17, 15) is 14.7 Å². The third-order valence-corrected chi connectivity index (χ3v) is 2.30. The smallest absolute Gasteiger partial charge is 0.325 e. The van der Waals surface area contributed by atoms with Crippen molar-refractivity contribution in [2.45, 2.75) is 33.6 Å². The van der Waals surface area contributed by atoms with Crippen LogP contribution >= 0.6 is 0 Å². The van der Waals surface area contributed by atoms with Gasteiger partial charge < -0.3 is 14.6 Å². The lowest BCUT2D eigenvalue weighted by Gasteiger charge is -2.26. The molecule has 1 atom stereocenters. The molecule has 5 heteroatoms. The molecule has 0 amide bonds. The van der Waals surface area contributed by atoms with E-state index in [-0.39, 0.29) is 19.6 Å². The Morgan fingerprint density at radius 1 is 1.19 bits per heavy atom. The van der Waals surface area contributed by atoms with E-state index in [1.54, 1.807) is 13.8 Å². The number of rotatable bonds is 8. The first-order valence-corrected chi connectivity index (χ1v) is 5.53. The Hall–Kier alpha value is -1.10. The van der Waals surface area contributed by atoms with E-state index in [0.29, 0.717) is 13.0 Å². The summed E-state index contributed by atoms with van der Waals surface area (Å²) in [5, 5.41) is 9.20. The molecule has 0 aliphatic carbocycles. The van der Waals surface area contributed by atoms with Crippen LogP contribution in [0, 0.1) is 5.41 Å². The Bertz CT molecular complexity index is 239. The summed E-state index contributed by atoms with van der Waals surface area (Å²) in [5.41, 5.74) is -1.55. The van der Waals surface area contributed by atoms with Gasteiger partial charge in [-0.3, -0.25) is 9.59 Å². The lowest BCUT2D eigenvalue weighted by atomic mass is 9.84. The van der Waals surface area contributed by atoms with Gasteiger partial charge in [0.25, 0.3) is 0 Å². The highest BCUT2D eigenvalue weighted by Gasteiger charge is 2.47. The minimum Gasteiger partial charge on any atom is -0.480 e. The zero-order valence-corrected chi connectivity index (χ0v) is 10.1. The van der Waals surface area contributed by atoms with Crippen LogP contribution in [0.15, 0.2) is 0 Å². The van der Waals surface area contributed by atoms with Gasteiger partial charge in [-0.2, -0.15) is 0 Å². The second-order valence-corrected chi connectivity index (χ2v) is 3.49. The first-order chi connectivity index (χ1) is 7.55. The minimum atomic E-state index is -1.55. The van der Waals surface area contributed by atoms with Crippen molar-refractivity contribution in [2.24, 2.45) is 5.41 Å². The Kier molecular flexibility index (Phi) is 6.72. The molecule has 0 heterocycles. The maximum absolute atomic E-state index is 11.7. The Balaban J connectivity index is 4.91. The van der Waals surface area contributed by atoms with Crippen LogP contribution in [-0.4, -0.2) is 36.9 Å². The third-order valence-electron chi connectivity index (χ3n) is 2.30. The van der Waals surface area contributed by atoms with Gasteiger partial charge in [0.1, 0.15) is 0 Å². The molecule has 0 aromatic heterocycles. The summed E-state index contributed by atoms with van der Waals surface area (Å²) in [6, 6.07) is 0. The van der Waals surface area contributed by atoms with Gasteiger partial charge in [0.2, 0.25) is 0 Å². The Morgan fingerprint density at radius 3 is 2.19 bits per heavy atom. The largest absolute Gasteiger partial charge is 0.480 e. The van der Waals surface area contributed by atoms with Crippen molar-refractivity contribution >= 4 is 11.9 Å².